The van der Waals surface area contributed by atoms with Gasteiger partial charge in [0.05, 0.1) is 16.6 Å². The van der Waals surface area contributed by atoms with Gasteiger partial charge in [0.2, 0.25) is 5.91 Å². The molecule has 1 aromatic carbocycles. The first-order valence-electron chi connectivity index (χ1n) is 5.01. The van der Waals surface area contributed by atoms with Gasteiger partial charge in [-0.05, 0) is 44.4 Å². The molecule has 0 aliphatic heterocycles. The van der Waals surface area contributed by atoms with Crippen LogP contribution in [0.2, 0.25) is 0 Å². The van der Waals surface area contributed by atoms with Crippen LogP contribution in [0.1, 0.15) is 5.56 Å². The molecule has 0 unspecified atom stereocenters. The van der Waals surface area contributed by atoms with Crippen LogP contribution in [-0.2, 0) is 11.2 Å². The minimum atomic E-state index is -0.679. The summed E-state index contributed by atoms with van der Waals surface area (Å²) in [5, 5.41) is 6.03. The second-order valence-electron chi connectivity index (χ2n) is 3.60. The van der Waals surface area contributed by atoms with Crippen molar-refractivity contribution in [2.24, 2.45) is 0 Å². The van der Waals surface area contributed by atoms with Crippen LogP contribution in [0.3, 0.4) is 0 Å². The van der Waals surface area contributed by atoms with E-state index in [9.17, 15) is 13.6 Å². The maximum Gasteiger partial charge on any atom is 0.228 e. The van der Waals surface area contributed by atoms with Crippen LogP contribution in [0.4, 0.5) is 14.5 Å². The van der Waals surface area contributed by atoms with E-state index in [2.05, 4.69) is 21.2 Å². The molecule has 0 aliphatic rings. The van der Waals surface area contributed by atoms with Crippen LogP contribution in [0.5, 0.6) is 0 Å². The first-order chi connectivity index (χ1) is 8.56. The molecule has 2 aromatic rings. The van der Waals surface area contributed by atoms with Gasteiger partial charge in [-0.25, -0.2) is 8.78 Å². The van der Waals surface area contributed by atoms with Gasteiger partial charge in [0, 0.05) is 6.07 Å². The zero-order valence-electron chi connectivity index (χ0n) is 9.04. The summed E-state index contributed by atoms with van der Waals surface area (Å²) in [5.41, 5.74) is 0.687. The molecule has 0 bridgehead atoms. The van der Waals surface area contributed by atoms with Crippen molar-refractivity contribution < 1.29 is 13.6 Å². The summed E-state index contributed by atoms with van der Waals surface area (Å²) >= 11 is 4.34. The molecule has 0 atom stereocenters. The summed E-state index contributed by atoms with van der Waals surface area (Å²) in [6.07, 6.45) is 0.140. The van der Waals surface area contributed by atoms with Crippen molar-refractivity contribution in [3.05, 3.63) is 50.6 Å². The topological polar surface area (TPSA) is 29.1 Å². The fourth-order valence-electron chi connectivity index (χ4n) is 1.39. The van der Waals surface area contributed by atoms with Crippen LogP contribution < -0.4 is 5.32 Å². The Morgan fingerprint density at radius 2 is 2.11 bits per heavy atom. The Morgan fingerprint density at radius 3 is 2.78 bits per heavy atom. The van der Waals surface area contributed by atoms with E-state index >= 15 is 0 Å². The lowest BCUT2D eigenvalue weighted by Gasteiger charge is -2.06. The van der Waals surface area contributed by atoms with Crippen LogP contribution in [0, 0.1) is 11.6 Å². The van der Waals surface area contributed by atoms with Crippen molar-refractivity contribution in [3.63, 3.8) is 0 Å². The highest BCUT2D eigenvalue weighted by molar-refractivity contribution is 9.10. The van der Waals surface area contributed by atoms with E-state index in [1.165, 1.54) is 11.3 Å². The van der Waals surface area contributed by atoms with E-state index in [0.29, 0.717) is 0 Å². The lowest BCUT2D eigenvalue weighted by molar-refractivity contribution is -0.115. The molecule has 94 valence electrons. The second kappa shape index (κ2) is 5.58. The Morgan fingerprint density at radius 1 is 1.33 bits per heavy atom. The molecule has 1 N–H and O–H groups in total. The minimum Gasteiger partial charge on any atom is -0.323 e. The summed E-state index contributed by atoms with van der Waals surface area (Å²) in [6.45, 7) is 0. The largest absolute Gasteiger partial charge is 0.323 e. The highest BCUT2D eigenvalue weighted by Crippen LogP contribution is 2.23. The highest BCUT2D eigenvalue weighted by atomic mass is 79.9. The van der Waals surface area contributed by atoms with E-state index < -0.39 is 11.6 Å². The Kier molecular flexibility index (Phi) is 4.08. The van der Waals surface area contributed by atoms with E-state index in [1.807, 2.05) is 16.8 Å². The molecule has 2 rings (SSSR count). The zero-order chi connectivity index (χ0) is 13.1. The van der Waals surface area contributed by atoms with Crippen LogP contribution >= 0.6 is 27.3 Å². The Balaban J connectivity index is 2.09. The number of amides is 1. The predicted molar refractivity (Wildman–Crippen MR) is 70.7 cm³/mol. The SMILES string of the molecule is O=C(Cc1ccsc1)Nc1cc(F)c(Br)cc1F. The van der Waals surface area contributed by atoms with E-state index in [0.717, 1.165) is 17.7 Å². The molecular formula is C12H8BrF2NOS. The average Bonchev–Trinajstić information content (AvgIpc) is 2.78. The lowest BCUT2D eigenvalue weighted by Crippen LogP contribution is -2.15. The molecule has 18 heavy (non-hydrogen) atoms. The molecule has 6 heteroatoms. The molecule has 2 nitrogen and oxygen atoms in total. The number of thiophene rings is 1. The van der Waals surface area contributed by atoms with Crippen molar-refractivity contribution in [1.82, 2.24) is 0 Å². The third kappa shape index (κ3) is 3.14. The third-order valence-corrected chi connectivity index (χ3v) is 3.57. The number of nitrogens with one attached hydrogen (secondary N) is 1. The van der Waals surface area contributed by atoms with Gasteiger partial charge in [-0.15, -0.1) is 0 Å². The molecule has 0 aliphatic carbocycles. The fraction of sp³-hybridized carbons (Fsp3) is 0.0833. The lowest BCUT2D eigenvalue weighted by atomic mass is 10.2. The van der Waals surface area contributed by atoms with Crippen LogP contribution in [0.25, 0.3) is 0 Å². The number of halogens is 3. The van der Waals surface area contributed by atoms with Gasteiger partial charge in [-0.1, -0.05) is 0 Å². The number of benzene rings is 1. The molecule has 0 saturated carbocycles. The number of carbonyl (C=O) groups excluding carboxylic acids is 1. The Bertz CT molecular complexity index is 572. The van der Waals surface area contributed by atoms with Gasteiger partial charge in [0.25, 0.3) is 0 Å². The van der Waals surface area contributed by atoms with Gasteiger partial charge >= 0.3 is 0 Å². The summed E-state index contributed by atoms with van der Waals surface area (Å²) in [7, 11) is 0. The monoisotopic (exact) mass is 331 g/mol. The van der Waals surface area contributed by atoms with Crippen molar-refractivity contribution in [2.75, 3.05) is 5.32 Å². The Labute approximate surface area is 115 Å². The van der Waals surface area contributed by atoms with Crippen molar-refractivity contribution in [2.45, 2.75) is 6.42 Å². The molecule has 0 saturated heterocycles. The summed E-state index contributed by atoms with van der Waals surface area (Å²) < 4.78 is 26.7. The molecule has 0 fully saturated rings. The smallest absolute Gasteiger partial charge is 0.228 e. The highest BCUT2D eigenvalue weighted by Gasteiger charge is 2.11. The molecule has 1 amide bonds. The van der Waals surface area contributed by atoms with E-state index in [4.69, 9.17) is 0 Å². The van der Waals surface area contributed by atoms with Gasteiger partial charge in [0.1, 0.15) is 11.6 Å². The molecular weight excluding hydrogens is 324 g/mol. The predicted octanol–water partition coefficient (Wildman–Crippen LogP) is 3.97. The Hall–Kier alpha value is -1.27. The van der Waals surface area contributed by atoms with Crippen LogP contribution in [-0.4, -0.2) is 5.91 Å². The number of carbonyl (C=O) groups is 1. The summed E-state index contributed by atoms with van der Waals surface area (Å²) in [5.74, 6) is -1.68. The summed E-state index contributed by atoms with van der Waals surface area (Å²) in [6, 6.07) is 3.74. The quantitative estimate of drug-likeness (QED) is 0.847. The first-order valence-corrected chi connectivity index (χ1v) is 6.75. The van der Waals surface area contributed by atoms with Gasteiger partial charge in [-0.3, -0.25) is 4.79 Å². The zero-order valence-corrected chi connectivity index (χ0v) is 11.4. The standard InChI is InChI=1S/C12H8BrF2NOS/c13-8-4-10(15)11(5-9(8)14)16-12(17)3-7-1-2-18-6-7/h1-2,4-6H,3H2,(H,16,17). The van der Waals surface area contributed by atoms with Gasteiger partial charge < -0.3 is 5.32 Å². The van der Waals surface area contributed by atoms with E-state index in [-0.39, 0.29) is 22.5 Å². The number of hydrogen-bond acceptors (Lipinski definition) is 2. The normalized spacial score (nSPS) is 10.4. The number of anilines is 1. The van der Waals surface area contributed by atoms with E-state index in [1.54, 1.807) is 0 Å². The van der Waals surface area contributed by atoms with Crippen molar-refractivity contribution in [3.8, 4) is 0 Å². The average molecular weight is 332 g/mol. The van der Waals surface area contributed by atoms with Gasteiger partial charge in [0.15, 0.2) is 0 Å². The number of hydrogen-bond donors (Lipinski definition) is 1. The maximum atomic E-state index is 13.5. The van der Waals surface area contributed by atoms with Crippen molar-refractivity contribution >= 4 is 38.9 Å². The number of rotatable bonds is 3. The first kappa shape index (κ1) is 13.2. The van der Waals surface area contributed by atoms with Crippen molar-refractivity contribution in [1.29, 1.82) is 0 Å². The third-order valence-electron chi connectivity index (χ3n) is 2.23. The fourth-order valence-corrected chi connectivity index (χ4v) is 2.38. The molecule has 1 aromatic heterocycles. The molecule has 0 spiro atoms. The summed E-state index contributed by atoms with van der Waals surface area (Å²) in [4.78, 5) is 11.6. The molecule has 1 heterocycles. The minimum absolute atomic E-state index is 0.0239. The second-order valence-corrected chi connectivity index (χ2v) is 5.24. The van der Waals surface area contributed by atoms with Crippen LogP contribution in [0.15, 0.2) is 33.4 Å². The van der Waals surface area contributed by atoms with Gasteiger partial charge in [-0.2, -0.15) is 11.3 Å². The molecule has 0 radical (unpaired) electrons. The maximum absolute atomic E-state index is 13.5.